The van der Waals surface area contributed by atoms with Crippen molar-refractivity contribution in [3.8, 4) is 11.5 Å². The van der Waals surface area contributed by atoms with Gasteiger partial charge in [0.15, 0.2) is 0 Å². The second-order valence-corrected chi connectivity index (χ2v) is 5.53. The molecule has 0 bridgehead atoms. The Morgan fingerprint density at radius 3 is 2.72 bits per heavy atom. The molecule has 0 radical (unpaired) electrons. The van der Waals surface area contributed by atoms with Gasteiger partial charge in [0.25, 0.3) is 5.91 Å². The molecule has 0 spiro atoms. The molecule has 2 N–H and O–H groups in total. The number of alkyl halides is 1. The molecule has 1 amide bonds. The van der Waals surface area contributed by atoms with Crippen molar-refractivity contribution in [2.75, 3.05) is 13.7 Å². The Morgan fingerprint density at radius 1 is 1.50 bits per heavy atom. The number of phenolic OH excluding ortho intramolecular Hbond substituents is 1. The smallest absolute Gasteiger partial charge is 0.255 e. The largest absolute Gasteiger partial charge is 0.507 e. The summed E-state index contributed by atoms with van der Waals surface area (Å²) in [5, 5.41) is 12.4. The average molecular weight is 316 g/mol. The van der Waals surface area contributed by atoms with Crippen LogP contribution in [-0.2, 0) is 0 Å². The van der Waals surface area contributed by atoms with E-state index in [-0.39, 0.29) is 22.0 Å². The number of hydrogen-bond donors (Lipinski definition) is 2. The number of methoxy groups -OCH3 is 1. The third kappa shape index (κ3) is 3.91. The molecule has 0 aliphatic rings. The van der Waals surface area contributed by atoms with Crippen molar-refractivity contribution in [2.24, 2.45) is 5.92 Å². The number of benzene rings is 1. The highest BCUT2D eigenvalue weighted by atomic mass is 79.9. The van der Waals surface area contributed by atoms with Crippen molar-refractivity contribution in [2.45, 2.75) is 18.7 Å². The molecular weight excluding hydrogens is 298 g/mol. The number of amides is 1. The van der Waals surface area contributed by atoms with Crippen LogP contribution in [0.3, 0.4) is 0 Å². The lowest BCUT2D eigenvalue weighted by atomic mass is 10.1. The third-order valence-electron chi connectivity index (χ3n) is 2.63. The minimum atomic E-state index is -0.309. The summed E-state index contributed by atoms with van der Waals surface area (Å²) in [7, 11) is 1.52. The summed E-state index contributed by atoms with van der Waals surface area (Å²) in [6.07, 6.45) is 0. The van der Waals surface area contributed by atoms with E-state index in [1.54, 1.807) is 6.07 Å². The number of rotatable bonds is 5. The molecule has 0 aromatic heterocycles. The van der Waals surface area contributed by atoms with Crippen LogP contribution in [0.15, 0.2) is 18.2 Å². The summed E-state index contributed by atoms with van der Waals surface area (Å²) in [4.78, 5) is 12.1. The molecule has 0 saturated heterocycles. The van der Waals surface area contributed by atoms with E-state index in [4.69, 9.17) is 4.74 Å². The fourth-order valence-electron chi connectivity index (χ4n) is 1.35. The van der Waals surface area contributed by atoms with Crippen LogP contribution in [0, 0.1) is 5.92 Å². The number of nitrogens with one attached hydrogen (secondary N) is 1. The van der Waals surface area contributed by atoms with Crippen molar-refractivity contribution < 1.29 is 14.6 Å². The van der Waals surface area contributed by atoms with Crippen molar-refractivity contribution in [3.05, 3.63) is 23.8 Å². The van der Waals surface area contributed by atoms with Gasteiger partial charge >= 0.3 is 0 Å². The number of halogens is 1. The number of ether oxygens (including phenoxy) is 1. The summed E-state index contributed by atoms with van der Waals surface area (Å²) in [5.41, 5.74) is 0.220. The molecular formula is C13H18BrNO3. The Balaban J connectivity index is 2.72. The second-order valence-electron chi connectivity index (χ2n) is 4.35. The zero-order valence-corrected chi connectivity index (χ0v) is 12.3. The molecule has 4 nitrogen and oxygen atoms in total. The normalized spacial score (nSPS) is 12.3. The van der Waals surface area contributed by atoms with Crippen LogP contribution in [0.1, 0.15) is 24.2 Å². The minimum Gasteiger partial charge on any atom is -0.507 e. The molecule has 1 aromatic rings. The van der Waals surface area contributed by atoms with Crippen LogP contribution < -0.4 is 10.1 Å². The fraction of sp³-hybridized carbons (Fsp3) is 0.462. The van der Waals surface area contributed by atoms with Crippen molar-refractivity contribution in [3.63, 3.8) is 0 Å². The minimum absolute atomic E-state index is 0.0519. The first-order valence-electron chi connectivity index (χ1n) is 5.75. The molecule has 5 heteroatoms. The number of carbonyl (C=O) groups is 1. The molecule has 0 aliphatic carbocycles. The molecule has 100 valence electrons. The predicted octanol–water partition coefficient (Wildman–Crippen LogP) is 2.55. The SMILES string of the molecule is COc1ccc(O)c(C(=O)NCC(Br)C(C)C)c1. The van der Waals surface area contributed by atoms with Crippen LogP contribution in [0.5, 0.6) is 11.5 Å². The zero-order chi connectivity index (χ0) is 13.7. The first kappa shape index (κ1) is 14.8. The lowest BCUT2D eigenvalue weighted by Gasteiger charge is -2.15. The van der Waals surface area contributed by atoms with Gasteiger partial charge in [-0.15, -0.1) is 0 Å². The third-order valence-corrected chi connectivity index (χ3v) is 4.01. The van der Waals surface area contributed by atoms with E-state index >= 15 is 0 Å². The van der Waals surface area contributed by atoms with E-state index in [1.165, 1.54) is 19.2 Å². The number of phenols is 1. The Morgan fingerprint density at radius 2 is 2.17 bits per heavy atom. The van der Waals surface area contributed by atoms with Gasteiger partial charge in [0, 0.05) is 11.4 Å². The summed E-state index contributed by atoms with van der Waals surface area (Å²) < 4.78 is 5.02. The van der Waals surface area contributed by atoms with Gasteiger partial charge in [-0.2, -0.15) is 0 Å². The molecule has 0 saturated carbocycles. The average Bonchev–Trinajstić information content (AvgIpc) is 2.35. The van der Waals surface area contributed by atoms with Crippen molar-refractivity contribution in [1.82, 2.24) is 5.32 Å². The number of aromatic hydroxyl groups is 1. The molecule has 1 unspecified atom stereocenters. The van der Waals surface area contributed by atoms with Crippen molar-refractivity contribution in [1.29, 1.82) is 0 Å². The van der Waals surface area contributed by atoms with E-state index in [0.717, 1.165) is 0 Å². The van der Waals surface area contributed by atoms with Gasteiger partial charge in [0.2, 0.25) is 0 Å². The van der Waals surface area contributed by atoms with Crippen LogP contribution >= 0.6 is 15.9 Å². The Labute approximate surface area is 115 Å². The Hall–Kier alpha value is -1.23. The van der Waals surface area contributed by atoms with Crippen LogP contribution in [0.2, 0.25) is 0 Å². The van der Waals surface area contributed by atoms with E-state index in [0.29, 0.717) is 18.2 Å². The predicted molar refractivity (Wildman–Crippen MR) is 74.5 cm³/mol. The van der Waals surface area contributed by atoms with Gasteiger partial charge in [-0.3, -0.25) is 4.79 Å². The van der Waals surface area contributed by atoms with Gasteiger partial charge < -0.3 is 15.2 Å². The molecule has 18 heavy (non-hydrogen) atoms. The summed E-state index contributed by atoms with van der Waals surface area (Å²) >= 11 is 3.49. The number of carbonyl (C=O) groups excluding carboxylic acids is 1. The molecule has 1 atom stereocenters. The zero-order valence-electron chi connectivity index (χ0n) is 10.7. The molecule has 0 heterocycles. The lowest BCUT2D eigenvalue weighted by molar-refractivity contribution is 0.0950. The van der Waals surface area contributed by atoms with E-state index < -0.39 is 0 Å². The van der Waals surface area contributed by atoms with Gasteiger partial charge in [0.05, 0.1) is 12.7 Å². The standard InChI is InChI=1S/C13H18BrNO3/c1-8(2)11(14)7-15-13(17)10-6-9(18-3)4-5-12(10)16/h4-6,8,11,16H,7H2,1-3H3,(H,15,17). The lowest BCUT2D eigenvalue weighted by Crippen LogP contribution is -2.31. The highest BCUT2D eigenvalue weighted by Gasteiger charge is 2.15. The Kier molecular flexibility index (Phi) is 5.47. The highest BCUT2D eigenvalue weighted by molar-refractivity contribution is 9.09. The highest BCUT2D eigenvalue weighted by Crippen LogP contribution is 2.22. The maximum atomic E-state index is 11.9. The monoisotopic (exact) mass is 315 g/mol. The fourth-order valence-corrected chi connectivity index (χ4v) is 1.51. The van der Waals surface area contributed by atoms with Gasteiger partial charge in [-0.1, -0.05) is 29.8 Å². The first-order valence-corrected chi connectivity index (χ1v) is 6.66. The van der Waals surface area contributed by atoms with E-state index in [2.05, 4.69) is 35.1 Å². The quantitative estimate of drug-likeness (QED) is 0.821. The van der Waals surface area contributed by atoms with Gasteiger partial charge in [0.1, 0.15) is 11.5 Å². The maximum Gasteiger partial charge on any atom is 0.255 e. The van der Waals surface area contributed by atoms with Crippen LogP contribution in [-0.4, -0.2) is 29.5 Å². The van der Waals surface area contributed by atoms with Crippen molar-refractivity contribution >= 4 is 21.8 Å². The maximum absolute atomic E-state index is 11.9. The van der Waals surface area contributed by atoms with E-state index in [1.807, 2.05) is 0 Å². The van der Waals surface area contributed by atoms with E-state index in [9.17, 15) is 9.90 Å². The first-order chi connectivity index (χ1) is 8.45. The Bertz CT molecular complexity index is 421. The molecule has 1 rings (SSSR count). The topological polar surface area (TPSA) is 58.6 Å². The second kappa shape index (κ2) is 6.64. The summed E-state index contributed by atoms with van der Waals surface area (Å²) in [6, 6.07) is 4.57. The molecule has 0 fully saturated rings. The van der Waals surface area contributed by atoms with Gasteiger partial charge in [-0.05, 0) is 24.1 Å². The molecule has 1 aromatic carbocycles. The van der Waals surface area contributed by atoms with Crippen LogP contribution in [0.25, 0.3) is 0 Å². The summed E-state index contributed by atoms with van der Waals surface area (Å²) in [5.74, 6) is 0.599. The number of hydrogen-bond acceptors (Lipinski definition) is 3. The molecule has 0 aliphatic heterocycles. The summed E-state index contributed by atoms with van der Waals surface area (Å²) in [6.45, 7) is 4.64. The van der Waals surface area contributed by atoms with Gasteiger partial charge in [-0.25, -0.2) is 0 Å². The van der Waals surface area contributed by atoms with Crippen LogP contribution in [0.4, 0.5) is 0 Å².